The lowest BCUT2D eigenvalue weighted by Crippen LogP contribution is -2.39. The van der Waals surface area contributed by atoms with Gasteiger partial charge in [0.2, 0.25) is 5.91 Å². The van der Waals surface area contributed by atoms with Gasteiger partial charge in [0.25, 0.3) is 0 Å². The summed E-state index contributed by atoms with van der Waals surface area (Å²) >= 11 is 1.81. The molecule has 1 amide bonds. The molecule has 0 saturated heterocycles. The van der Waals surface area contributed by atoms with Gasteiger partial charge in [0, 0.05) is 23.5 Å². The highest BCUT2D eigenvalue weighted by molar-refractivity contribution is 7.10. The van der Waals surface area contributed by atoms with E-state index in [9.17, 15) is 4.79 Å². The Labute approximate surface area is 159 Å². The predicted molar refractivity (Wildman–Crippen MR) is 103 cm³/mol. The highest BCUT2D eigenvalue weighted by Gasteiger charge is 2.30. The summed E-state index contributed by atoms with van der Waals surface area (Å²) in [4.78, 5) is 16.4. The topological polar surface area (TPSA) is 61.9 Å². The van der Waals surface area contributed by atoms with Gasteiger partial charge in [-0.15, -0.1) is 11.3 Å². The van der Waals surface area contributed by atoms with Crippen LogP contribution in [0.2, 0.25) is 0 Å². The van der Waals surface area contributed by atoms with Crippen LogP contribution >= 0.6 is 11.3 Å². The molecule has 3 heterocycles. The van der Waals surface area contributed by atoms with Gasteiger partial charge in [-0.3, -0.25) is 9.48 Å². The molecular weight excluding hydrogens is 344 g/mol. The van der Waals surface area contributed by atoms with Crippen LogP contribution in [0.25, 0.3) is 0 Å². The molecule has 0 radical (unpaired) electrons. The average molecular weight is 371 g/mol. The summed E-state index contributed by atoms with van der Waals surface area (Å²) in [7, 11) is 0. The van der Waals surface area contributed by atoms with Crippen molar-refractivity contribution in [2.24, 2.45) is 0 Å². The van der Waals surface area contributed by atoms with E-state index in [0.717, 1.165) is 36.3 Å². The van der Waals surface area contributed by atoms with Crippen LogP contribution < -0.4 is 0 Å². The van der Waals surface area contributed by atoms with Crippen molar-refractivity contribution in [3.63, 3.8) is 0 Å². The number of rotatable bonds is 6. The van der Waals surface area contributed by atoms with Crippen molar-refractivity contribution in [2.45, 2.75) is 65.5 Å². The van der Waals surface area contributed by atoms with Gasteiger partial charge < -0.3 is 4.90 Å². The highest BCUT2D eigenvalue weighted by atomic mass is 32.1. The van der Waals surface area contributed by atoms with Crippen molar-refractivity contribution >= 4 is 17.2 Å². The van der Waals surface area contributed by atoms with Crippen molar-refractivity contribution < 1.29 is 4.79 Å². The fourth-order valence-corrected chi connectivity index (χ4v) is 4.91. The smallest absolute Gasteiger partial charge is 0.223 e. The van der Waals surface area contributed by atoms with Crippen LogP contribution in [0.3, 0.4) is 0 Å². The number of hydrogen-bond acceptors (Lipinski definition) is 4. The van der Waals surface area contributed by atoms with Crippen LogP contribution in [0.15, 0.2) is 11.4 Å². The Morgan fingerprint density at radius 2 is 2.27 bits per heavy atom. The fraction of sp³-hybridized carbons (Fsp3) is 0.550. The first-order chi connectivity index (χ1) is 12.6. The van der Waals surface area contributed by atoms with E-state index < -0.39 is 0 Å². The average Bonchev–Trinajstić information content (AvgIpc) is 3.22. The zero-order chi connectivity index (χ0) is 18.7. The normalized spacial score (nSPS) is 16.4. The third kappa shape index (κ3) is 3.54. The minimum Gasteiger partial charge on any atom is -0.335 e. The quantitative estimate of drug-likeness (QED) is 0.774. The Balaban J connectivity index is 1.68. The van der Waals surface area contributed by atoms with Gasteiger partial charge in [-0.25, -0.2) is 0 Å². The molecule has 138 valence electrons. The van der Waals surface area contributed by atoms with E-state index in [1.807, 2.05) is 29.9 Å². The minimum absolute atomic E-state index is 0.220. The maximum atomic E-state index is 12.9. The second-order valence-electron chi connectivity index (χ2n) is 6.84. The molecule has 0 bridgehead atoms. The van der Waals surface area contributed by atoms with Crippen LogP contribution in [0.4, 0.5) is 0 Å². The molecule has 0 aliphatic carbocycles. The molecule has 3 rings (SSSR count). The first-order valence-corrected chi connectivity index (χ1v) is 10.2. The molecule has 0 N–H and O–H groups in total. The molecule has 2 aromatic rings. The van der Waals surface area contributed by atoms with E-state index >= 15 is 0 Å². The van der Waals surface area contributed by atoms with E-state index in [4.69, 9.17) is 5.26 Å². The maximum absolute atomic E-state index is 12.9. The maximum Gasteiger partial charge on any atom is 0.223 e. The van der Waals surface area contributed by atoms with Crippen molar-refractivity contribution in [3.8, 4) is 6.07 Å². The SMILES string of the molecule is CC[C@@H]1c2ccsc2CCN1C(=O)CCc1c(C)nn(CCC#N)c1C. The molecule has 0 unspecified atom stereocenters. The molecule has 1 aliphatic rings. The number of carbonyl (C=O) groups excluding carboxylic acids is 1. The Kier molecular flexibility index (Phi) is 5.77. The molecule has 0 saturated carbocycles. The third-order valence-corrected chi connectivity index (χ3v) is 6.35. The van der Waals surface area contributed by atoms with E-state index in [1.165, 1.54) is 10.4 Å². The van der Waals surface area contributed by atoms with Gasteiger partial charge in [-0.2, -0.15) is 10.4 Å². The fourth-order valence-electron chi connectivity index (χ4n) is 3.98. The Morgan fingerprint density at radius 3 is 3.00 bits per heavy atom. The third-order valence-electron chi connectivity index (χ3n) is 5.36. The summed E-state index contributed by atoms with van der Waals surface area (Å²) in [6.07, 6.45) is 3.61. The van der Waals surface area contributed by atoms with E-state index in [1.54, 1.807) is 0 Å². The molecule has 6 heteroatoms. The molecule has 2 aromatic heterocycles. The van der Waals surface area contributed by atoms with Crippen molar-refractivity contribution in [1.29, 1.82) is 5.26 Å². The number of carbonyl (C=O) groups is 1. The van der Waals surface area contributed by atoms with Gasteiger partial charge in [0.1, 0.15) is 0 Å². The number of aromatic nitrogens is 2. The first kappa shape index (κ1) is 18.7. The second-order valence-corrected chi connectivity index (χ2v) is 7.84. The van der Waals surface area contributed by atoms with Gasteiger partial charge in [0.15, 0.2) is 0 Å². The Bertz CT molecular complexity index is 829. The number of thiophene rings is 1. The minimum atomic E-state index is 0.220. The summed E-state index contributed by atoms with van der Waals surface area (Å²) < 4.78 is 1.89. The Hall–Kier alpha value is -2.13. The number of aryl methyl sites for hydroxylation is 2. The van der Waals surface area contributed by atoms with Crippen LogP contribution in [0.1, 0.15) is 59.6 Å². The summed E-state index contributed by atoms with van der Waals surface area (Å²) in [6, 6.07) is 4.56. The summed E-state index contributed by atoms with van der Waals surface area (Å²) in [5, 5.41) is 15.5. The van der Waals surface area contributed by atoms with Crippen LogP contribution in [0.5, 0.6) is 0 Å². The lowest BCUT2D eigenvalue weighted by molar-refractivity contribution is -0.134. The summed E-state index contributed by atoms with van der Waals surface area (Å²) in [6.45, 7) is 7.62. The van der Waals surface area contributed by atoms with E-state index in [-0.39, 0.29) is 11.9 Å². The Morgan fingerprint density at radius 1 is 1.46 bits per heavy atom. The molecule has 26 heavy (non-hydrogen) atoms. The molecule has 0 aromatic carbocycles. The van der Waals surface area contributed by atoms with Gasteiger partial charge >= 0.3 is 0 Å². The van der Waals surface area contributed by atoms with Crippen LogP contribution in [0, 0.1) is 25.2 Å². The van der Waals surface area contributed by atoms with Crippen molar-refractivity contribution in [1.82, 2.24) is 14.7 Å². The van der Waals surface area contributed by atoms with Gasteiger partial charge in [-0.05, 0) is 55.7 Å². The molecule has 1 atom stereocenters. The second kappa shape index (κ2) is 8.05. The van der Waals surface area contributed by atoms with E-state index in [0.29, 0.717) is 25.8 Å². The lowest BCUT2D eigenvalue weighted by atomic mass is 9.97. The predicted octanol–water partition coefficient (Wildman–Crippen LogP) is 3.94. The van der Waals surface area contributed by atoms with Gasteiger partial charge in [0.05, 0.1) is 30.8 Å². The molecule has 1 aliphatic heterocycles. The van der Waals surface area contributed by atoms with Crippen molar-refractivity contribution in [3.05, 3.63) is 38.8 Å². The largest absolute Gasteiger partial charge is 0.335 e. The standard InChI is InChI=1S/C20H26N4OS/c1-4-18-17-9-13-26-19(17)8-12-23(18)20(25)7-6-16-14(2)22-24(15(16)3)11-5-10-21/h9,13,18H,4-8,11-12H2,1-3H3/t18-/m1/s1. The summed E-state index contributed by atoms with van der Waals surface area (Å²) in [5.74, 6) is 0.234. The summed E-state index contributed by atoms with van der Waals surface area (Å²) in [5.41, 5.74) is 4.54. The number of nitrogens with zero attached hydrogens (tertiary/aromatic N) is 4. The zero-order valence-electron chi connectivity index (χ0n) is 15.8. The van der Waals surface area contributed by atoms with Crippen LogP contribution in [-0.4, -0.2) is 27.1 Å². The first-order valence-electron chi connectivity index (χ1n) is 9.32. The van der Waals surface area contributed by atoms with Crippen LogP contribution in [-0.2, 0) is 24.2 Å². The number of hydrogen-bond donors (Lipinski definition) is 0. The molecule has 0 spiro atoms. The van der Waals surface area contributed by atoms with Gasteiger partial charge in [-0.1, -0.05) is 6.92 Å². The molecule has 5 nitrogen and oxygen atoms in total. The monoisotopic (exact) mass is 370 g/mol. The number of amides is 1. The zero-order valence-corrected chi connectivity index (χ0v) is 16.6. The molecular formula is C20H26N4OS. The van der Waals surface area contributed by atoms with Crippen molar-refractivity contribution in [2.75, 3.05) is 6.54 Å². The van der Waals surface area contributed by atoms with E-state index in [2.05, 4.69) is 34.4 Å². The number of fused-ring (bicyclic) bond motifs is 1. The molecule has 0 fully saturated rings. The lowest BCUT2D eigenvalue weighted by Gasteiger charge is -2.35. The highest BCUT2D eigenvalue weighted by Crippen LogP contribution is 2.35. The number of nitriles is 1.